The van der Waals surface area contributed by atoms with E-state index >= 15 is 0 Å². The van der Waals surface area contributed by atoms with Gasteiger partial charge in [0.05, 0.1) is 6.61 Å². The smallest absolute Gasteiger partial charge is 0.263 e. The summed E-state index contributed by atoms with van der Waals surface area (Å²) >= 11 is 0. The number of rotatable bonds is 5. The van der Waals surface area contributed by atoms with Gasteiger partial charge in [0.1, 0.15) is 29.0 Å². The van der Waals surface area contributed by atoms with E-state index in [1.807, 2.05) is 35.2 Å². The SMILES string of the molecule is OCCN(c1ccccc1)c1ncnc2onc(-c3ccc(F)cc3)c12. The highest BCUT2D eigenvalue weighted by molar-refractivity contribution is 5.99. The highest BCUT2D eigenvalue weighted by Crippen LogP contribution is 2.35. The van der Waals surface area contributed by atoms with E-state index < -0.39 is 0 Å². The van der Waals surface area contributed by atoms with Crippen molar-refractivity contribution >= 4 is 22.6 Å². The number of nitrogens with zero attached hydrogens (tertiary/aromatic N) is 4. The van der Waals surface area contributed by atoms with Crippen LogP contribution in [0, 0.1) is 5.82 Å². The van der Waals surface area contributed by atoms with Crippen LogP contribution in [0.15, 0.2) is 65.4 Å². The van der Waals surface area contributed by atoms with Gasteiger partial charge >= 0.3 is 0 Å². The third-order valence-corrected chi connectivity index (χ3v) is 4.02. The molecule has 0 fully saturated rings. The summed E-state index contributed by atoms with van der Waals surface area (Å²) in [6.07, 6.45) is 1.39. The maximum Gasteiger partial charge on any atom is 0.263 e. The molecule has 0 atom stereocenters. The second-order valence-corrected chi connectivity index (χ2v) is 5.63. The Morgan fingerprint density at radius 3 is 2.50 bits per heavy atom. The number of anilines is 2. The molecule has 6 nitrogen and oxygen atoms in total. The number of hydrogen-bond donors (Lipinski definition) is 1. The molecule has 0 saturated heterocycles. The van der Waals surface area contributed by atoms with Gasteiger partial charge in [0.15, 0.2) is 0 Å². The zero-order chi connectivity index (χ0) is 17.9. The van der Waals surface area contributed by atoms with Crippen molar-refractivity contribution in [1.29, 1.82) is 0 Å². The van der Waals surface area contributed by atoms with E-state index in [0.29, 0.717) is 34.7 Å². The van der Waals surface area contributed by atoms with Gasteiger partial charge in [0.2, 0.25) is 0 Å². The first-order valence-electron chi connectivity index (χ1n) is 8.07. The zero-order valence-corrected chi connectivity index (χ0v) is 13.7. The van der Waals surface area contributed by atoms with Crippen LogP contribution in [0.25, 0.3) is 22.4 Å². The van der Waals surface area contributed by atoms with Gasteiger partial charge in [0.25, 0.3) is 5.71 Å². The fourth-order valence-electron chi connectivity index (χ4n) is 2.85. The van der Waals surface area contributed by atoms with Crippen molar-refractivity contribution in [1.82, 2.24) is 15.1 Å². The third-order valence-electron chi connectivity index (χ3n) is 4.02. The van der Waals surface area contributed by atoms with Crippen LogP contribution >= 0.6 is 0 Å². The average Bonchev–Trinajstić information content (AvgIpc) is 3.12. The van der Waals surface area contributed by atoms with E-state index in [4.69, 9.17) is 4.52 Å². The molecule has 0 unspecified atom stereocenters. The molecule has 2 aromatic heterocycles. The number of para-hydroxylation sites is 1. The minimum absolute atomic E-state index is 0.0580. The summed E-state index contributed by atoms with van der Waals surface area (Å²) in [6.45, 7) is 0.279. The molecule has 0 radical (unpaired) electrons. The summed E-state index contributed by atoms with van der Waals surface area (Å²) in [7, 11) is 0. The fourth-order valence-corrected chi connectivity index (χ4v) is 2.85. The van der Waals surface area contributed by atoms with Gasteiger partial charge in [-0.25, -0.2) is 9.37 Å². The van der Waals surface area contributed by atoms with E-state index in [1.54, 1.807) is 12.1 Å². The van der Waals surface area contributed by atoms with Crippen molar-refractivity contribution < 1.29 is 14.0 Å². The molecule has 0 amide bonds. The standard InChI is InChI=1S/C19H15FN4O2/c20-14-8-6-13(7-9-14)17-16-18(21-12-22-19(16)26-23-17)24(10-11-25)15-4-2-1-3-5-15/h1-9,12,25H,10-11H2. The largest absolute Gasteiger partial charge is 0.395 e. The summed E-state index contributed by atoms with van der Waals surface area (Å²) < 4.78 is 18.6. The molecule has 0 aliphatic heterocycles. The first kappa shape index (κ1) is 16.2. The van der Waals surface area contributed by atoms with Gasteiger partial charge in [0, 0.05) is 17.8 Å². The molecule has 2 heterocycles. The van der Waals surface area contributed by atoms with E-state index in [0.717, 1.165) is 5.69 Å². The molecule has 4 rings (SSSR count). The molecule has 0 bridgehead atoms. The van der Waals surface area contributed by atoms with Gasteiger partial charge in [-0.2, -0.15) is 4.98 Å². The number of hydrogen-bond acceptors (Lipinski definition) is 6. The van der Waals surface area contributed by atoms with E-state index in [2.05, 4.69) is 15.1 Å². The van der Waals surface area contributed by atoms with E-state index in [1.165, 1.54) is 18.5 Å². The van der Waals surface area contributed by atoms with Crippen LogP contribution in [-0.2, 0) is 0 Å². The van der Waals surface area contributed by atoms with Crippen LogP contribution < -0.4 is 4.90 Å². The van der Waals surface area contributed by atoms with Crippen molar-refractivity contribution in [3.8, 4) is 11.3 Å². The lowest BCUT2D eigenvalue weighted by Gasteiger charge is -2.23. The van der Waals surface area contributed by atoms with Gasteiger partial charge in [-0.3, -0.25) is 0 Å². The second kappa shape index (κ2) is 6.89. The molecule has 1 N–H and O–H groups in total. The van der Waals surface area contributed by atoms with E-state index in [9.17, 15) is 9.50 Å². The van der Waals surface area contributed by atoms with Crippen molar-refractivity contribution in [2.24, 2.45) is 0 Å². The lowest BCUT2D eigenvalue weighted by molar-refractivity contribution is 0.305. The molecule has 2 aromatic carbocycles. The summed E-state index contributed by atoms with van der Waals surface area (Å²) in [4.78, 5) is 10.4. The predicted octanol–water partition coefficient (Wildman–Crippen LogP) is 3.55. The van der Waals surface area contributed by atoms with Crippen LogP contribution in [0.2, 0.25) is 0 Å². The molecule has 0 saturated carbocycles. The molecule has 7 heteroatoms. The number of aliphatic hydroxyl groups is 1. The lowest BCUT2D eigenvalue weighted by Crippen LogP contribution is -2.22. The highest BCUT2D eigenvalue weighted by atomic mass is 19.1. The fraction of sp³-hybridized carbons (Fsp3) is 0.105. The Morgan fingerprint density at radius 1 is 1.00 bits per heavy atom. The van der Waals surface area contributed by atoms with Gasteiger partial charge < -0.3 is 14.5 Å². The second-order valence-electron chi connectivity index (χ2n) is 5.63. The summed E-state index contributed by atoms with van der Waals surface area (Å²) in [6, 6.07) is 15.6. The normalized spacial score (nSPS) is 11.0. The van der Waals surface area contributed by atoms with Crippen LogP contribution in [0.5, 0.6) is 0 Å². The van der Waals surface area contributed by atoms with Crippen LogP contribution in [0.3, 0.4) is 0 Å². The number of aromatic nitrogens is 3. The molecule has 26 heavy (non-hydrogen) atoms. The minimum Gasteiger partial charge on any atom is -0.395 e. The molecular weight excluding hydrogens is 335 g/mol. The molecule has 0 spiro atoms. The molecular formula is C19H15FN4O2. The first-order chi connectivity index (χ1) is 12.8. The quantitative estimate of drug-likeness (QED) is 0.593. The van der Waals surface area contributed by atoms with Crippen molar-refractivity contribution in [3.05, 3.63) is 66.7 Å². The topological polar surface area (TPSA) is 75.3 Å². The maximum absolute atomic E-state index is 13.3. The summed E-state index contributed by atoms with van der Waals surface area (Å²) in [5, 5.41) is 14.2. The highest BCUT2D eigenvalue weighted by Gasteiger charge is 2.21. The summed E-state index contributed by atoms with van der Waals surface area (Å²) in [5.41, 5.74) is 2.41. The van der Waals surface area contributed by atoms with Gasteiger partial charge in [-0.05, 0) is 36.4 Å². The van der Waals surface area contributed by atoms with Crippen LogP contribution in [-0.4, -0.2) is 33.4 Å². The van der Waals surface area contributed by atoms with Crippen molar-refractivity contribution in [3.63, 3.8) is 0 Å². The number of fused-ring (bicyclic) bond motifs is 1. The molecule has 130 valence electrons. The third kappa shape index (κ3) is 2.89. The van der Waals surface area contributed by atoms with Gasteiger partial charge in [-0.15, -0.1) is 0 Å². The Kier molecular flexibility index (Phi) is 4.28. The minimum atomic E-state index is -0.329. The average molecular weight is 350 g/mol. The summed E-state index contributed by atoms with van der Waals surface area (Å²) in [5.74, 6) is 0.236. The van der Waals surface area contributed by atoms with Crippen molar-refractivity contribution in [2.45, 2.75) is 0 Å². The lowest BCUT2D eigenvalue weighted by atomic mass is 10.1. The Morgan fingerprint density at radius 2 is 1.77 bits per heavy atom. The zero-order valence-electron chi connectivity index (χ0n) is 13.7. The number of halogens is 1. The Hall–Kier alpha value is -3.32. The maximum atomic E-state index is 13.3. The first-order valence-corrected chi connectivity index (χ1v) is 8.07. The monoisotopic (exact) mass is 350 g/mol. The molecule has 0 aliphatic carbocycles. The van der Waals surface area contributed by atoms with Crippen molar-refractivity contribution in [2.75, 3.05) is 18.1 Å². The Labute approximate surface area is 148 Å². The number of benzene rings is 2. The molecule has 4 aromatic rings. The number of aliphatic hydroxyl groups excluding tert-OH is 1. The van der Waals surface area contributed by atoms with Crippen LogP contribution in [0.4, 0.5) is 15.9 Å². The Bertz CT molecular complexity index is 1020. The predicted molar refractivity (Wildman–Crippen MR) is 95.5 cm³/mol. The van der Waals surface area contributed by atoms with Crippen LogP contribution in [0.1, 0.15) is 0 Å². The van der Waals surface area contributed by atoms with E-state index in [-0.39, 0.29) is 12.4 Å². The van der Waals surface area contributed by atoms with Gasteiger partial charge in [-0.1, -0.05) is 23.4 Å². The molecule has 0 aliphatic rings. The Balaban J connectivity index is 1.91.